The predicted octanol–water partition coefficient (Wildman–Crippen LogP) is 5.56. The lowest BCUT2D eigenvalue weighted by Crippen LogP contribution is -2.01. The summed E-state index contributed by atoms with van der Waals surface area (Å²) in [7, 11) is 0. The third-order valence-electron chi connectivity index (χ3n) is 3.24. The van der Waals surface area contributed by atoms with Crippen LogP contribution in [-0.2, 0) is 11.9 Å². The van der Waals surface area contributed by atoms with Crippen molar-refractivity contribution >= 4 is 15.9 Å². The maximum atomic E-state index is 13.8. The highest BCUT2D eigenvalue weighted by Crippen LogP contribution is 2.25. The average molecular weight is 355 g/mol. The van der Waals surface area contributed by atoms with E-state index in [2.05, 4.69) is 29.8 Å². The summed E-state index contributed by atoms with van der Waals surface area (Å²) >= 11 is 3.17. The van der Waals surface area contributed by atoms with Crippen LogP contribution in [0, 0.1) is 11.6 Å². The molecule has 0 spiro atoms. The fraction of sp³-hybridized carbons (Fsp3) is 0.294. The lowest BCUT2D eigenvalue weighted by molar-refractivity contribution is 0.274. The summed E-state index contributed by atoms with van der Waals surface area (Å²) in [5.74, 6) is -1.23. The van der Waals surface area contributed by atoms with Crippen LogP contribution < -0.4 is 4.74 Å². The van der Waals surface area contributed by atoms with E-state index in [0.29, 0.717) is 16.8 Å². The van der Waals surface area contributed by atoms with Gasteiger partial charge in [-0.2, -0.15) is 0 Å². The summed E-state index contributed by atoms with van der Waals surface area (Å²) in [4.78, 5) is 0. The van der Waals surface area contributed by atoms with Crippen LogP contribution in [0.3, 0.4) is 0 Å². The lowest BCUT2D eigenvalue weighted by atomic mass is 10.0. The van der Waals surface area contributed by atoms with E-state index in [-0.39, 0.29) is 12.4 Å². The zero-order valence-electron chi connectivity index (χ0n) is 12.0. The van der Waals surface area contributed by atoms with Gasteiger partial charge in [0.2, 0.25) is 0 Å². The number of halogens is 3. The van der Waals surface area contributed by atoms with E-state index in [1.165, 1.54) is 17.7 Å². The molecule has 112 valence electrons. The molecule has 0 radical (unpaired) electrons. The number of rotatable bonds is 5. The second-order valence-electron chi connectivity index (χ2n) is 5.21. The number of hydrogen-bond acceptors (Lipinski definition) is 1. The first kappa shape index (κ1) is 16.0. The van der Waals surface area contributed by atoms with Crippen molar-refractivity contribution in [1.82, 2.24) is 0 Å². The molecule has 0 heterocycles. The number of alkyl halides is 1. The van der Waals surface area contributed by atoms with Gasteiger partial charge in [-0.05, 0) is 34.7 Å². The number of benzene rings is 2. The quantitative estimate of drug-likeness (QED) is 0.638. The highest BCUT2D eigenvalue weighted by Gasteiger charge is 2.12. The molecule has 4 heteroatoms. The zero-order valence-corrected chi connectivity index (χ0v) is 13.6. The van der Waals surface area contributed by atoms with Gasteiger partial charge in [-0.15, -0.1) is 0 Å². The highest BCUT2D eigenvalue weighted by molar-refractivity contribution is 9.08. The van der Waals surface area contributed by atoms with Gasteiger partial charge in [0, 0.05) is 5.33 Å². The third-order valence-corrected chi connectivity index (χ3v) is 3.89. The molecule has 2 aromatic carbocycles. The monoisotopic (exact) mass is 354 g/mol. The van der Waals surface area contributed by atoms with Crippen LogP contribution in [0.4, 0.5) is 8.78 Å². The Hall–Kier alpha value is -1.42. The fourth-order valence-electron chi connectivity index (χ4n) is 1.98. The molecule has 0 N–H and O–H groups in total. The predicted molar refractivity (Wildman–Crippen MR) is 83.9 cm³/mol. The standard InChI is InChI=1S/C17H17BrF2O/c1-11(2)14-5-3-12(4-6-14)10-21-17-15(19)7-13(9-18)8-16(17)20/h3-8,11H,9-10H2,1-2H3. The van der Waals surface area contributed by atoms with Crippen molar-refractivity contribution in [2.24, 2.45) is 0 Å². The Balaban J connectivity index is 2.09. The number of hydrogen-bond donors (Lipinski definition) is 0. The van der Waals surface area contributed by atoms with Gasteiger partial charge in [0.05, 0.1) is 0 Å². The van der Waals surface area contributed by atoms with Crippen LogP contribution in [-0.4, -0.2) is 0 Å². The van der Waals surface area contributed by atoms with Gasteiger partial charge in [-0.25, -0.2) is 8.78 Å². The van der Waals surface area contributed by atoms with Crippen molar-refractivity contribution in [3.05, 3.63) is 64.7 Å². The largest absolute Gasteiger partial charge is 0.483 e. The van der Waals surface area contributed by atoms with Crippen molar-refractivity contribution in [2.75, 3.05) is 0 Å². The fourth-order valence-corrected chi connectivity index (χ4v) is 2.31. The van der Waals surface area contributed by atoms with Gasteiger partial charge in [-0.1, -0.05) is 54.0 Å². The Morgan fingerprint density at radius 3 is 2.05 bits per heavy atom. The molecular formula is C17H17BrF2O. The van der Waals surface area contributed by atoms with Gasteiger partial charge < -0.3 is 4.74 Å². The molecule has 0 atom stereocenters. The van der Waals surface area contributed by atoms with Crippen molar-refractivity contribution in [1.29, 1.82) is 0 Å². The molecular weight excluding hydrogens is 338 g/mol. The maximum Gasteiger partial charge on any atom is 0.191 e. The van der Waals surface area contributed by atoms with Gasteiger partial charge in [0.1, 0.15) is 6.61 Å². The first-order chi connectivity index (χ1) is 10.0. The van der Waals surface area contributed by atoms with Crippen LogP contribution in [0.15, 0.2) is 36.4 Å². The Labute approximate surface area is 132 Å². The van der Waals surface area contributed by atoms with E-state index < -0.39 is 11.6 Å². The van der Waals surface area contributed by atoms with E-state index in [4.69, 9.17) is 4.74 Å². The van der Waals surface area contributed by atoms with E-state index in [0.717, 1.165) is 5.56 Å². The Kier molecular flexibility index (Phi) is 5.34. The first-order valence-electron chi connectivity index (χ1n) is 6.76. The maximum absolute atomic E-state index is 13.8. The normalized spacial score (nSPS) is 11.0. The molecule has 21 heavy (non-hydrogen) atoms. The number of ether oxygens (including phenoxy) is 1. The first-order valence-corrected chi connectivity index (χ1v) is 7.89. The minimum Gasteiger partial charge on any atom is -0.483 e. The minimum absolute atomic E-state index is 0.139. The third kappa shape index (κ3) is 4.03. The molecule has 2 aromatic rings. The topological polar surface area (TPSA) is 9.23 Å². The Morgan fingerprint density at radius 2 is 1.57 bits per heavy atom. The van der Waals surface area contributed by atoms with Gasteiger partial charge >= 0.3 is 0 Å². The minimum atomic E-state index is -0.678. The smallest absolute Gasteiger partial charge is 0.191 e. The van der Waals surface area contributed by atoms with Crippen molar-refractivity contribution in [3.8, 4) is 5.75 Å². The molecule has 0 aromatic heterocycles. The van der Waals surface area contributed by atoms with Crippen molar-refractivity contribution in [3.63, 3.8) is 0 Å². The molecule has 0 aliphatic rings. The van der Waals surface area contributed by atoms with Crippen LogP contribution in [0.25, 0.3) is 0 Å². The summed E-state index contributed by atoms with van der Waals surface area (Å²) in [6.07, 6.45) is 0. The molecule has 0 saturated carbocycles. The molecule has 0 saturated heterocycles. The van der Waals surface area contributed by atoms with Crippen LogP contribution in [0.2, 0.25) is 0 Å². The molecule has 0 aliphatic heterocycles. The molecule has 0 unspecified atom stereocenters. The van der Waals surface area contributed by atoms with Gasteiger partial charge in [0.25, 0.3) is 0 Å². The van der Waals surface area contributed by atoms with E-state index >= 15 is 0 Å². The van der Waals surface area contributed by atoms with Crippen LogP contribution in [0.1, 0.15) is 36.5 Å². The zero-order chi connectivity index (χ0) is 15.4. The second kappa shape index (κ2) is 7.03. The molecule has 0 fully saturated rings. The van der Waals surface area contributed by atoms with Gasteiger partial charge in [0.15, 0.2) is 17.4 Å². The Morgan fingerprint density at radius 1 is 1.00 bits per heavy atom. The van der Waals surface area contributed by atoms with E-state index in [1.807, 2.05) is 24.3 Å². The summed E-state index contributed by atoms with van der Waals surface area (Å²) in [6.45, 7) is 4.36. The van der Waals surface area contributed by atoms with Crippen LogP contribution >= 0.6 is 15.9 Å². The molecule has 1 nitrogen and oxygen atoms in total. The Bertz CT molecular complexity index is 586. The van der Waals surface area contributed by atoms with Crippen LogP contribution in [0.5, 0.6) is 5.75 Å². The van der Waals surface area contributed by atoms with Crippen molar-refractivity contribution in [2.45, 2.75) is 31.7 Å². The summed E-state index contributed by atoms with van der Waals surface area (Å²) in [6, 6.07) is 10.4. The van der Waals surface area contributed by atoms with Gasteiger partial charge in [-0.3, -0.25) is 0 Å². The van der Waals surface area contributed by atoms with E-state index in [1.54, 1.807) is 0 Å². The lowest BCUT2D eigenvalue weighted by Gasteiger charge is -2.11. The summed E-state index contributed by atoms with van der Waals surface area (Å²) in [5, 5.41) is 0.401. The highest BCUT2D eigenvalue weighted by atomic mass is 79.9. The molecule has 0 aliphatic carbocycles. The van der Waals surface area contributed by atoms with Crippen molar-refractivity contribution < 1.29 is 13.5 Å². The molecule has 2 rings (SSSR count). The SMILES string of the molecule is CC(C)c1ccc(COc2c(F)cc(CBr)cc2F)cc1. The summed E-state index contributed by atoms with van der Waals surface area (Å²) in [5.41, 5.74) is 2.64. The second-order valence-corrected chi connectivity index (χ2v) is 5.77. The average Bonchev–Trinajstić information content (AvgIpc) is 2.46. The molecule has 0 bridgehead atoms. The molecule has 0 amide bonds. The summed E-state index contributed by atoms with van der Waals surface area (Å²) < 4.78 is 32.9. The van der Waals surface area contributed by atoms with E-state index in [9.17, 15) is 8.78 Å².